The van der Waals surface area contributed by atoms with E-state index < -0.39 is 10.0 Å². The number of nitrogens with one attached hydrogen (secondary N) is 1. The van der Waals surface area contributed by atoms with Gasteiger partial charge in [0.2, 0.25) is 15.9 Å². The van der Waals surface area contributed by atoms with Crippen LogP contribution in [0.15, 0.2) is 35.2 Å². The van der Waals surface area contributed by atoms with Crippen LogP contribution in [0.4, 0.5) is 5.69 Å². The Bertz CT molecular complexity index is 999. The molecule has 7 heteroatoms. The van der Waals surface area contributed by atoms with Gasteiger partial charge in [0.25, 0.3) is 0 Å². The third kappa shape index (κ3) is 3.89. The predicted octanol–water partition coefficient (Wildman–Crippen LogP) is 3.05. The monoisotopic (exact) mass is 373 g/mol. The number of nitrogens with zero attached hydrogens (tertiary/aromatic N) is 1. The van der Waals surface area contributed by atoms with Crippen molar-refractivity contribution in [2.24, 2.45) is 5.14 Å². The Morgan fingerprint density at radius 3 is 2.54 bits per heavy atom. The molecular weight excluding hydrogens is 350 g/mol. The Hall–Kier alpha value is -2.38. The number of aromatic nitrogens is 1. The van der Waals surface area contributed by atoms with E-state index in [-0.39, 0.29) is 10.8 Å². The van der Waals surface area contributed by atoms with E-state index in [1.54, 1.807) is 25.1 Å². The summed E-state index contributed by atoms with van der Waals surface area (Å²) < 4.78 is 25.5. The van der Waals surface area contributed by atoms with Gasteiger partial charge in [-0.3, -0.25) is 4.79 Å². The first kappa shape index (κ1) is 18.4. The normalized spacial score (nSPS) is 14.8. The molecule has 0 aliphatic heterocycles. The quantitative estimate of drug-likeness (QED) is 0.789. The zero-order valence-electron chi connectivity index (χ0n) is 15.1. The molecule has 0 unspecified atom stereocenters. The van der Waals surface area contributed by atoms with Crippen LogP contribution in [0.3, 0.4) is 0 Å². The molecule has 2 aromatic rings. The Balaban J connectivity index is 1.75. The number of carbonyl (C=O) groups excluding carboxylic acids is 1. The number of anilines is 1. The minimum absolute atomic E-state index is 0.00672. The van der Waals surface area contributed by atoms with Crippen molar-refractivity contribution in [2.45, 2.75) is 44.6 Å². The van der Waals surface area contributed by atoms with Crippen molar-refractivity contribution >= 4 is 27.7 Å². The largest absolute Gasteiger partial charge is 0.346 e. The minimum atomic E-state index is -3.83. The highest BCUT2D eigenvalue weighted by Crippen LogP contribution is 2.38. The summed E-state index contributed by atoms with van der Waals surface area (Å²) in [4.78, 5) is 12.2. The third-order valence-corrected chi connectivity index (χ3v) is 5.66. The molecule has 1 aromatic carbocycles. The van der Waals surface area contributed by atoms with Gasteiger partial charge in [-0.25, -0.2) is 13.6 Å². The smallest absolute Gasteiger partial charge is 0.248 e. The second-order valence-corrected chi connectivity index (χ2v) is 8.31. The van der Waals surface area contributed by atoms with Gasteiger partial charge in [0.15, 0.2) is 0 Å². The first-order valence-corrected chi connectivity index (χ1v) is 10.0. The highest BCUT2D eigenvalue weighted by Gasteiger charge is 2.26. The fourth-order valence-electron chi connectivity index (χ4n) is 3.20. The van der Waals surface area contributed by atoms with Crippen LogP contribution in [0.2, 0.25) is 0 Å². The number of nitrogens with two attached hydrogens (primary N) is 1. The van der Waals surface area contributed by atoms with Crippen LogP contribution >= 0.6 is 0 Å². The first-order valence-electron chi connectivity index (χ1n) is 8.48. The van der Waals surface area contributed by atoms with Crippen molar-refractivity contribution in [3.63, 3.8) is 0 Å². The standard InChI is InChI=1S/C19H23N3O3S/c1-12-4-6-16(11-18(12)26(20,24)25)21-19(23)9-5-15-10-13(2)22(14(15)3)17-7-8-17/h4-6,9-11,17H,7-8H2,1-3H3,(H,21,23)(H2,20,24,25)/b9-5+. The molecule has 0 bridgehead atoms. The van der Waals surface area contributed by atoms with E-state index in [0.29, 0.717) is 17.3 Å². The molecule has 138 valence electrons. The second kappa shape index (κ2) is 6.74. The second-order valence-electron chi connectivity index (χ2n) is 6.78. The predicted molar refractivity (Wildman–Crippen MR) is 102 cm³/mol. The van der Waals surface area contributed by atoms with Gasteiger partial charge in [-0.15, -0.1) is 0 Å². The van der Waals surface area contributed by atoms with Gasteiger partial charge in [-0.05, 0) is 69.0 Å². The summed E-state index contributed by atoms with van der Waals surface area (Å²) >= 11 is 0. The third-order valence-electron chi connectivity index (χ3n) is 4.61. The fourth-order valence-corrected chi connectivity index (χ4v) is 4.01. The molecule has 6 nitrogen and oxygen atoms in total. The van der Waals surface area contributed by atoms with Crippen LogP contribution in [0.25, 0.3) is 6.08 Å². The molecule has 1 heterocycles. The molecule has 0 atom stereocenters. The van der Waals surface area contributed by atoms with Crippen LogP contribution in [0, 0.1) is 20.8 Å². The molecule has 1 aliphatic carbocycles. The van der Waals surface area contributed by atoms with Crippen LogP contribution in [0.5, 0.6) is 0 Å². The molecule has 0 saturated heterocycles. The van der Waals surface area contributed by atoms with Crippen molar-refractivity contribution in [2.75, 3.05) is 5.32 Å². The maximum absolute atomic E-state index is 12.2. The van der Waals surface area contributed by atoms with Crippen molar-refractivity contribution in [1.29, 1.82) is 0 Å². The number of carbonyl (C=O) groups is 1. The van der Waals surface area contributed by atoms with E-state index >= 15 is 0 Å². The zero-order valence-corrected chi connectivity index (χ0v) is 15.9. The molecule has 3 N–H and O–H groups in total. The number of aryl methyl sites for hydroxylation is 2. The van der Waals surface area contributed by atoms with Gasteiger partial charge in [0.1, 0.15) is 0 Å². The molecule has 0 spiro atoms. The lowest BCUT2D eigenvalue weighted by Gasteiger charge is -2.08. The van der Waals surface area contributed by atoms with Gasteiger partial charge in [0.05, 0.1) is 4.90 Å². The Kier molecular flexibility index (Phi) is 4.77. The van der Waals surface area contributed by atoms with Crippen LogP contribution in [-0.2, 0) is 14.8 Å². The summed E-state index contributed by atoms with van der Waals surface area (Å²) in [5.74, 6) is -0.328. The topological polar surface area (TPSA) is 94.2 Å². The molecule has 1 aromatic heterocycles. The molecular formula is C19H23N3O3S. The van der Waals surface area contributed by atoms with E-state index in [0.717, 1.165) is 11.3 Å². The summed E-state index contributed by atoms with van der Waals surface area (Å²) in [6.45, 7) is 5.78. The average molecular weight is 373 g/mol. The summed E-state index contributed by atoms with van der Waals surface area (Å²) in [6, 6.07) is 7.30. The lowest BCUT2D eigenvalue weighted by atomic mass is 10.2. The van der Waals surface area contributed by atoms with Gasteiger partial charge in [-0.1, -0.05) is 6.07 Å². The molecule has 1 fully saturated rings. The minimum Gasteiger partial charge on any atom is -0.346 e. The molecule has 1 saturated carbocycles. The van der Waals surface area contributed by atoms with E-state index in [4.69, 9.17) is 5.14 Å². The number of rotatable bonds is 5. The summed E-state index contributed by atoms with van der Waals surface area (Å²) in [5, 5.41) is 7.87. The lowest BCUT2D eigenvalue weighted by molar-refractivity contribution is -0.111. The Morgan fingerprint density at radius 1 is 1.23 bits per heavy atom. The van der Waals surface area contributed by atoms with Crippen LogP contribution in [-0.4, -0.2) is 18.9 Å². The van der Waals surface area contributed by atoms with Gasteiger partial charge in [0, 0.05) is 29.2 Å². The van der Waals surface area contributed by atoms with Crippen LogP contribution in [0.1, 0.15) is 41.4 Å². The van der Waals surface area contributed by atoms with Gasteiger partial charge < -0.3 is 9.88 Å². The van der Waals surface area contributed by atoms with E-state index in [1.165, 1.54) is 30.7 Å². The number of hydrogen-bond acceptors (Lipinski definition) is 3. The summed E-state index contributed by atoms with van der Waals surface area (Å²) in [7, 11) is -3.83. The summed E-state index contributed by atoms with van der Waals surface area (Å²) in [5.41, 5.74) is 4.28. The van der Waals surface area contributed by atoms with E-state index in [9.17, 15) is 13.2 Å². The number of amides is 1. The van der Waals surface area contributed by atoms with E-state index in [1.807, 2.05) is 0 Å². The van der Waals surface area contributed by atoms with Gasteiger partial charge in [-0.2, -0.15) is 0 Å². The van der Waals surface area contributed by atoms with Crippen molar-refractivity contribution in [1.82, 2.24) is 4.57 Å². The highest BCUT2D eigenvalue weighted by atomic mass is 32.2. The lowest BCUT2D eigenvalue weighted by Crippen LogP contribution is -2.15. The van der Waals surface area contributed by atoms with Crippen molar-refractivity contribution < 1.29 is 13.2 Å². The number of benzene rings is 1. The number of primary sulfonamides is 1. The molecule has 26 heavy (non-hydrogen) atoms. The Labute approximate surface area is 153 Å². The molecule has 3 rings (SSSR count). The number of sulfonamides is 1. The zero-order chi connectivity index (χ0) is 19.1. The van der Waals surface area contributed by atoms with E-state index in [2.05, 4.69) is 29.8 Å². The molecule has 0 radical (unpaired) electrons. The number of hydrogen-bond donors (Lipinski definition) is 2. The van der Waals surface area contributed by atoms with Crippen molar-refractivity contribution in [3.8, 4) is 0 Å². The van der Waals surface area contributed by atoms with Crippen molar-refractivity contribution in [3.05, 3.63) is 52.9 Å². The fraction of sp³-hybridized carbons (Fsp3) is 0.316. The first-order chi connectivity index (χ1) is 12.2. The maximum atomic E-state index is 12.2. The molecule has 1 amide bonds. The van der Waals surface area contributed by atoms with Crippen LogP contribution < -0.4 is 10.5 Å². The highest BCUT2D eigenvalue weighted by molar-refractivity contribution is 7.89. The molecule has 1 aliphatic rings. The van der Waals surface area contributed by atoms with Gasteiger partial charge >= 0.3 is 0 Å². The SMILES string of the molecule is Cc1ccc(NC(=O)/C=C/c2cc(C)n(C3CC3)c2C)cc1S(N)(=O)=O. The average Bonchev–Trinajstić information content (AvgIpc) is 3.32. The maximum Gasteiger partial charge on any atom is 0.248 e. The Morgan fingerprint density at radius 2 is 1.92 bits per heavy atom. The summed E-state index contributed by atoms with van der Waals surface area (Å²) in [6.07, 6.45) is 5.65.